The zero-order chi connectivity index (χ0) is 20.7. The summed E-state index contributed by atoms with van der Waals surface area (Å²) in [6.45, 7) is 6.00. The average molecular weight is 388 g/mol. The summed E-state index contributed by atoms with van der Waals surface area (Å²) in [7, 11) is 0. The van der Waals surface area contributed by atoms with Gasteiger partial charge in [0.05, 0.1) is 17.5 Å². The molecule has 0 saturated carbocycles. The van der Waals surface area contributed by atoms with Crippen LogP contribution in [-0.4, -0.2) is 17.7 Å². The smallest absolute Gasteiger partial charge is 0.255 e. The van der Waals surface area contributed by atoms with Gasteiger partial charge in [0.1, 0.15) is 0 Å². The Bertz CT molecular complexity index is 1050. The normalized spacial score (nSPS) is 21.1. The summed E-state index contributed by atoms with van der Waals surface area (Å²) in [5, 5.41) is 2.89. The number of aryl methyl sites for hydroxylation is 2. The van der Waals surface area contributed by atoms with Gasteiger partial charge in [-0.15, -0.1) is 0 Å². The summed E-state index contributed by atoms with van der Waals surface area (Å²) in [5.41, 5.74) is 4.98. The third kappa shape index (κ3) is 3.48. The molecule has 29 heavy (non-hydrogen) atoms. The number of rotatable bonds is 3. The molecule has 2 aromatic carbocycles. The van der Waals surface area contributed by atoms with Crippen LogP contribution in [-0.2, 0) is 9.59 Å². The van der Waals surface area contributed by atoms with Crippen LogP contribution in [0.1, 0.15) is 41.3 Å². The monoisotopic (exact) mass is 388 g/mol. The molecular weight excluding hydrogens is 364 g/mol. The van der Waals surface area contributed by atoms with Gasteiger partial charge < -0.3 is 5.32 Å². The van der Waals surface area contributed by atoms with Crippen molar-refractivity contribution in [2.24, 2.45) is 11.8 Å². The van der Waals surface area contributed by atoms with Gasteiger partial charge in [-0.1, -0.05) is 23.8 Å². The minimum absolute atomic E-state index is 0.167. The van der Waals surface area contributed by atoms with E-state index >= 15 is 0 Å². The van der Waals surface area contributed by atoms with Crippen molar-refractivity contribution in [2.45, 2.75) is 33.6 Å². The highest BCUT2D eigenvalue weighted by Crippen LogP contribution is 2.39. The van der Waals surface area contributed by atoms with E-state index in [-0.39, 0.29) is 29.6 Å². The van der Waals surface area contributed by atoms with Crippen LogP contribution in [0, 0.1) is 25.7 Å². The van der Waals surface area contributed by atoms with E-state index < -0.39 is 0 Å². The number of amides is 3. The van der Waals surface area contributed by atoms with Crippen molar-refractivity contribution in [1.82, 2.24) is 0 Å². The first-order valence-corrected chi connectivity index (χ1v) is 9.87. The van der Waals surface area contributed by atoms with Crippen molar-refractivity contribution in [3.63, 3.8) is 0 Å². The maximum absolute atomic E-state index is 12.9. The van der Waals surface area contributed by atoms with Crippen molar-refractivity contribution < 1.29 is 14.4 Å². The fourth-order valence-corrected chi connectivity index (χ4v) is 4.10. The van der Waals surface area contributed by atoms with Gasteiger partial charge in [-0.2, -0.15) is 0 Å². The Morgan fingerprint density at radius 2 is 1.72 bits per heavy atom. The zero-order valence-electron chi connectivity index (χ0n) is 16.9. The second kappa shape index (κ2) is 7.32. The van der Waals surface area contributed by atoms with Crippen LogP contribution in [0.5, 0.6) is 0 Å². The largest absolute Gasteiger partial charge is 0.322 e. The molecular formula is C24H24N2O3. The minimum atomic E-state index is -0.292. The molecule has 2 aliphatic rings. The Morgan fingerprint density at radius 1 is 0.966 bits per heavy atom. The van der Waals surface area contributed by atoms with E-state index in [0.29, 0.717) is 29.8 Å². The number of hydrogen-bond acceptors (Lipinski definition) is 3. The Labute approximate surface area is 170 Å². The number of nitrogens with one attached hydrogen (secondary N) is 1. The van der Waals surface area contributed by atoms with Gasteiger partial charge in [0.25, 0.3) is 5.91 Å². The molecule has 5 heteroatoms. The van der Waals surface area contributed by atoms with Gasteiger partial charge in [0.2, 0.25) is 11.8 Å². The second-order valence-electron chi connectivity index (χ2n) is 8.02. The van der Waals surface area contributed by atoms with Gasteiger partial charge in [0, 0.05) is 11.3 Å². The molecule has 4 rings (SSSR count). The van der Waals surface area contributed by atoms with Gasteiger partial charge >= 0.3 is 0 Å². The first kappa shape index (κ1) is 19.1. The first-order valence-electron chi connectivity index (χ1n) is 9.87. The zero-order valence-corrected chi connectivity index (χ0v) is 16.9. The lowest BCUT2D eigenvalue weighted by Crippen LogP contribution is -2.31. The van der Waals surface area contributed by atoms with Crippen LogP contribution < -0.4 is 10.2 Å². The average Bonchev–Trinajstić information content (AvgIpc) is 2.94. The molecule has 2 aromatic rings. The van der Waals surface area contributed by atoms with Gasteiger partial charge in [-0.3, -0.25) is 19.3 Å². The SMILES string of the molecule is CC1=CC[C@@H]2C(=O)N(c3cccc(C(=O)Nc4ccc(C)c(C)c4)c3)C(=O)[C@@H]2C1. The molecule has 1 saturated heterocycles. The van der Waals surface area contributed by atoms with Crippen LogP contribution in [0.2, 0.25) is 0 Å². The molecule has 1 aliphatic carbocycles. The lowest BCUT2D eigenvalue weighted by Gasteiger charge is -2.18. The van der Waals surface area contributed by atoms with Gasteiger partial charge in [-0.05, 0) is 75.1 Å². The van der Waals surface area contributed by atoms with Crippen LogP contribution in [0.25, 0.3) is 0 Å². The topological polar surface area (TPSA) is 66.5 Å². The van der Waals surface area contributed by atoms with E-state index in [2.05, 4.69) is 5.32 Å². The lowest BCUT2D eigenvalue weighted by atomic mass is 9.82. The van der Waals surface area contributed by atoms with Crippen LogP contribution >= 0.6 is 0 Å². The van der Waals surface area contributed by atoms with Crippen LogP contribution in [0.15, 0.2) is 54.1 Å². The molecule has 1 N–H and O–H groups in total. The third-order valence-corrected chi connectivity index (χ3v) is 5.95. The minimum Gasteiger partial charge on any atom is -0.322 e. The Balaban J connectivity index is 1.57. The maximum atomic E-state index is 12.9. The number of fused-ring (bicyclic) bond motifs is 1. The maximum Gasteiger partial charge on any atom is 0.255 e. The molecule has 0 spiro atoms. The Hall–Kier alpha value is -3.21. The summed E-state index contributed by atoms with van der Waals surface area (Å²) in [4.78, 5) is 39.8. The Morgan fingerprint density at radius 3 is 2.48 bits per heavy atom. The highest BCUT2D eigenvalue weighted by atomic mass is 16.2. The number of benzene rings is 2. The summed E-state index contributed by atoms with van der Waals surface area (Å²) < 4.78 is 0. The highest BCUT2D eigenvalue weighted by molar-refractivity contribution is 6.22. The Kier molecular flexibility index (Phi) is 4.82. The molecule has 1 aliphatic heterocycles. The lowest BCUT2D eigenvalue weighted by molar-refractivity contribution is -0.122. The van der Waals surface area contributed by atoms with Crippen LogP contribution in [0.3, 0.4) is 0 Å². The number of allylic oxidation sites excluding steroid dienone is 2. The van der Waals surface area contributed by atoms with E-state index in [0.717, 1.165) is 16.7 Å². The molecule has 1 fully saturated rings. The number of hydrogen-bond donors (Lipinski definition) is 1. The van der Waals surface area contributed by atoms with E-state index in [1.165, 1.54) is 4.90 Å². The fraction of sp³-hybridized carbons (Fsp3) is 0.292. The van der Waals surface area contributed by atoms with E-state index in [1.807, 2.05) is 45.0 Å². The molecule has 2 atom stereocenters. The molecule has 0 unspecified atom stereocenters. The number of carbonyl (C=O) groups excluding carboxylic acids is 3. The van der Waals surface area contributed by atoms with Crippen molar-refractivity contribution in [3.8, 4) is 0 Å². The van der Waals surface area contributed by atoms with Crippen molar-refractivity contribution in [3.05, 3.63) is 70.8 Å². The van der Waals surface area contributed by atoms with Crippen molar-refractivity contribution >= 4 is 29.1 Å². The van der Waals surface area contributed by atoms with Crippen LogP contribution in [0.4, 0.5) is 11.4 Å². The molecule has 0 radical (unpaired) electrons. The molecule has 0 bridgehead atoms. The second-order valence-corrected chi connectivity index (χ2v) is 8.02. The molecule has 5 nitrogen and oxygen atoms in total. The summed E-state index contributed by atoms with van der Waals surface area (Å²) in [5.74, 6) is -1.20. The molecule has 3 amide bonds. The third-order valence-electron chi connectivity index (χ3n) is 5.95. The number of carbonyl (C=O) groups is 3. The van der Waals surface area contributed by atoms with Crippen molar-refractivity contribution in [2.75, 3.05) is 10.2 Å². The molecule has 148 valence electrons. The standard InChI is InChI=1S/C24H24N2O3/c1-14-7-10-20-21(11-14)24(29)26(23(20)28)19-6-4-5-17(13-19)22(27)25-18-9-8-15(2)16(3)12-18/h4-9,12-13,20-21H,10-11H2,1-3H3,(H,25,27)/t20-,21+/m0/s1. The van der Waals surface area contributed by atoms with Gasteiger partial charge in [0.15, 0.2) is 0 Å². The van der Waals surface area contributed by atoms with E-state index in [9.17, 15) is 14.4 Å². The van der Waals surface area contributed by atoms with Crippen molar-refractivity contribution in [1.29, 1.82) is 0 Å². The predicted molar refractivity (Wildman–Crippen MR) is 113 cm³/mol. The molecule has 0 aromatic heterocycles. The summed E-state index contributed by atoms with van der Waals surface area (Å²) in [6.07, 6.45) is 3.27. The molecule has 1 heterocycles. The number of nitrogens with zero attached hydrogens (tertiary/aromatic N) is 1. The quantitative estimate of drug-likeness (QED) is 0.626. The number of anilines is 2. The predicted octanol–water partition coefficient (Wildman–Crippen LogP) is 4.40. The first-order chi connectivity index (χ1) is 13.8. The summed E-state index contributed by atoms with van der Waals surface area (Å²) >= 11 is 0. The van der Waals surface area contributed by atoms with Gasteiger partial charge in [-0.25, -0.2) is 0 Å². The van der Waals surface area contributed by atoms with E-state index in [1.54, 1.807) is 24.3 Å². The van der Waals surface area contributed by atoms with E-state index in [4.69, 9.17) is 0 Å². The fourth-order valence-electron chi connectivity index (χ4n) is 4.10. The number of imide groups is 1. The highest BCUT2D eigenvalue weighted by Gasteiger charge is 2.48. The summed E-state index contributed by atoms with van der Waals surface area (Å²) in [6, 6.07) is 12.5.